The van der Waals surface area contributed by atoms with Crippen molar-refractivity contribution in [2.75, 3.05) is 0 Å². The topological polar surface area (TPSA) is 51.5 Å². The molecule has 0 atom stereocenters. The summed E-state index contributed by atoms with van der Waals surface area (Å²) < 4.78 is 38.7. The van der Waals surface area contributed by atoms with E-state index in [0.29, 0.717) is 21.4 Å². The number of benzene rings is 3. The normalized spacial score (nSPS) is 11.8. The number of halogens is 4. The van der Waals surface area contributed by atoms with Gasteiger partial charge in [-0.3, -0.25) is 0 Å². The summed E-state index contributed by atoms with van der Waals surface area (Å²) in [5.41, 5.74) is 1.25. The van der Waals surface area contributed by atoms with Crippen LogP contribution in [-0.2, 0) is 16.8 Å². The number of alkyl halides is 3. The minimum atomic E-state index is -4.56. The van der Waals surface area contributed by atoms with Crippen molar-refractivity contribution in [2.45, 2.75) is 17.0 Å². The van der Waals surface area contributed by atoms with Crippen LogP contribution in [0.1, 0.15) is 27.0 Å². The summed E-state index contributed by atoms with van der Waals surface area (Å²) >= 11 is 7.41. The van der Waals surface area contributed by atoms with Crippen molar-refractivity contribution < 1.29 is 22.8 Å². The van der Waals surface area contributed by atoms with Crippen molar-refractivity contribution >= 4 is 46.4 Å². The van der Waals surface area contributed by atoms with Gasteiger partial charge in [-0.05, 0) is 48.0 Å². The standard InChI is InChI=1S/C25H16ClF3N2O2S/c26-21-10-8-16(9-11-21)15-34-23-19(12-17-4-1-2-7-22(17)31-23)14-30-33-24(32)18-5-3-6-20(13-18)25(27,28)29/h1-14H,15H2/b30-14-. The second-order valence-electron chi connectivity index (χ2n) is 7.18. The van der Waals surface area contributed by atoms with Crippen molar-refractivity contribution in [3.8, 4) is 0 Å². The van der Waals surface area contributed by atoms with Crippen LogP contribution < -0.4 is 0 Å². The molecule has 0 saturated carbocycles. The molecule has 0 spiro atoms. The molecule has 0 fully saturated rings. The van der Waals surface area contributed by atoms with E-state index in [4.69, 9.17) is 16.4 Å². The third-order valence-electron chi connectivity index (χ3n) is 4.76. The maximum Gasteiger partial charge on any atom is 0.416 e. The van der Waals surface area contributed by atoms with E-state index in [2.05, 4.69) is 10.1 Å². The number of pyridine rings is 1. The van der Waals surface area contributed by atoms with Crippen molar-refractivity contribution in [2.24, 2.45) is 5.16 Å². The molecule has 0 unspecified atom stereocenters. The SMILES string of the molecule is O=C(O/N=C\c1cc2ccccc2nc1SCc1ccc(Cl)cc1)c1cccc(C(F)(F)F)c1. The van der Waals surface area contributed by atoms with Crippen LogP contribution in [0.15, 0.2) is 89.0 Å². The molecule has 0 bridgehead atoms. The second kappa shape index (κ2) is 10.3. The lowest BCUT2D eigenvalue weighted by molar-refractivity contribution is -0.137. The molecule has 9 heteroatoms. The molecule has 4 rings (SSSR count). The van der Waals surface area contributed by atoms with Gasteiger partial charge in [0.05, 0.1) is 22.9 Å². The Balaban J connectivity index is 1.54. The minimum Gasteiger partial charge on any atom is -0.313 e. The summed E-state index contributed by atoms with van der Waals surface area (Å²) in [6.07, 6.45) is -3.23. The summed E-state index contributed by atoms with van der Waals surface area (Å²) in [5.74, 6) is -0.376. The highest BCUT2D eigenvalue weighted by Gasteiger charge is 2.31. The smallest absolute Gasteiger partial charge is 0.313 e. The Hall–Kier alpha value is -3.36. The Morgan fingerprint density at radius 1 is 1.03 bits per heavy atom. The third-order valence-corrected chi connectivity index (χ3v) is 6.09. The quantitative estimate of drug-likeness (QED) is 0.120. The van der Waals surface area contributed by atoms with Crippen LogP contribution >= 0.6 is 23.4 Å². The molecule has 172 valence electrons. The van der Waals surface area contributed by atoms with Gasteiger partial charge >= 0.3 is 12.1 Å². The summed E-state index contributed by atoms with van der Waals surface area (Å²) in [5, 5.41) is 5.89. The van der Waals surface area contributed by atoms with E-state index < -0.39 is 17.7 Å². The van der Waals surface area contributed by atoms with Crippen LogP contribution in [-0.4, -0.2) is 17.2 Å². The summed E-state index contributed by atoms with van der Waals surface area (Å²) in [7, 11) is 0. The number of thioether (sulfide) groups is 1. The lowest BCUT2D eigenvalue weighted by atomic mass is 10.1. The van der Waals surface area contributed by atoms with Gasteiger partial charge in [0, 0.05) is 21.7 Å². The number of rotatable bonds is 6. The number of para-hydroxylation sites is 1. The summed E-state index contributed by atoms with van der Waals surface area (Å²) in [4.78, 5) is 21.8. The molecule has 0 aliphatic rings. The Bertz CT molecular complexity index is 1360. The molecular formula is C25H16ClF3N2O2S. The van der Waals surface area contributed by atoms with Crippen LogP contribution in [0.25, 0.3) is 10.9 Å². The zero-order valence-corrected chi connectivity index (χ0v) is 19.0. The van der Waals surface area contributed by atoms with Gasteiger partial charge in [0.1, 0.15) is 5.03 Å². The highest BCUT2D eigenvalue weighted by atomic mass is 35.5. The average Bonchev–Trinajstić information content (AvgIpc) is 2.83. The van der Waals surface area contributed by atoms with Gasteiger partial charge < -0.3 is 4.84 Å². The zero-order chi connectivity index (χ0) is 24.1. The molecular weight excluding hydrogens is 485 g/mol. The molecule has 3 aromatic carbocycles. The Morgan fingerprint density at radius 2 is 1.79 bits per heavy atom. The van der Waals surface area contributed by atoms with E-state index in [-0.39, 0.29) is 5.56 Å². The third kappa shape index (κ3) is 5.95. The van der Waals surface area contributed by atoms with Gasteiger partial charge in [0.25, 0.3) is 0 Å². The summed E-state index contributed by atoms with van der Waals surface area (Å²) in [6.45, 7) is 0. The van der Waals surface area contributed by atoms with Gasteiger partial charge in [-0.1, -0.05) is 53.2 Å². The van der Waals surface area contributed by atoms with Gasteiger partial charge in [-0.15, -0.1) is 11.8 Å². The van der Waals surface area contributed by atoms with E-state index in [1.807, 2.05) is 42.5 Å². The van der Waals surface area contributed by atoms with Crippen LogP contribution in [0.5, 0.6) is 0 Å². The van der Waals surface area contributed by atoms with E-state index in [1.165, 1.54) is 24.0 Å². The number of aromatic nitrogens is 1. The predicted molar refractivity (Wildman–Crippen MR) is 127 cm³/mol. The first-order valence-electron chi connectivity index (χ1n) is 9.98. The molecule has 0 N–H and O–H groups in total. The molecule has 0 radical (unpaired) electrons. The van der Waals surface area contributed by atoms with E-state index in [9.17, 15) is 18.0 Å². The molecule has 4 nitrogen and oxygen atoms in total. The van der Waals surface area contributed by atoms with Crippen molar-refractivity contribution in [1.29, 1.82) is 0 Å². The highest BCUT2D eigenvalue weighted by Crippen LogP contribution is 2.30. The Kier molecular flexibility index (Phi) is 7.19. The summed E-state index contributed by atoms with van der Waals surface area (Å²) in [6, 6.07) is 20.8. The molecule has 0 saturated heterocycles. The first-order chi connectivity index (χ1) is 16.3. The van der Waals surface area contributed by atoms with Gasteiger partial charge in [-0.25, -0.2) is 9.78 Å². The molecule has 34 heavy (non-hydrogen) atoms. The monoisotopic (exact) mass is 500 g/mol. The number of carbonyl (C=O) groups is 1. The van der Waals surface area contributed by atoms with Crippen molar-refractivity contribution in [1.82, 2.24) is 4.98 Å². The minimum absolute atomic E-state index is 0.249. The first-order valence-corrected chi connectivity index (χ1v) is 11.3. The van der Waals surface area contributed by atoms with Crippen molar-refractivity contribution in [3.05, 3.63) is 106 Å². The molecule has 1 aromatic heterocycles. The molecule has 4 aromatic rings. The van der Waals surface area contributed by atoms with Crippen LogP contribution in [0.4, 0.5) is 13.2 Å². The van der Waals surface area contributed by atoms with Crippen molar-refractivity contribution in [3.63, 3.8) is 0 Å². The van der Waals surface area contributed by atoms with E-state index in [0.717, 1.165) is 34.7 Å². The number of hydrogen-bond donors (Lipinski definition) is 0. The maximum absolute atomic E-state index is 12.9. The van der Waals surface area contributed by atoms with E-state index in [1.54, 1.807) is 12.1 Å². The molecule has 1 heterocycles. The number of carbonyl (C=O) groups excluding carboxylic acids is 1. The lowest BCUT2D eigenvalue weighted by Gasteiger charge is -2.08. The van der Waals surface area contributed by atoms with Crippen LogP contribution in [0.2, 0.25) is 5.02 Å². The van der Waals surface area contributed by atoms with Gasteiger partial charge in [0.2, 0.25) is 0 Å². The number of fused-ring (bicyclic) bond motifs is 1. The van der Waals surface area contributed by atoms with Crippen LogP contribution in [0, 0.1) is 0 Å². The highest BCUT2D eigenvalue weighted by molar-refractivity contribution is 7.98. The zero-order valence-electron chi connectivity index (χ0n) is 17.4. The first kappa shape index (κ1) is 23.8. The number of hydrogen-bond acceptors (Lipinski definition) is 5. The number of oxime groups is 1. The van der Waals surface area contributed by atoms with E-state index >= 15 is 0 Å². The number of nitrogens with zero attached hydrogens (tertiary/aromatic N) is 2. The molecule has 0 amide bonds. The Labute approximate surface area is 202 Å². The molecule has 0 aliphatic carbocycles. The molecule has 0 aliphatic heterocycles. The Morgan fingerprint density at radius 3 is 2.56 bits per heavy atom. The fraction of sp³-hybridized carbons (Fsp3) is 0.0800. The van der Waals surface area contributed by atoms with Gasteiger partial charge in [-0.2, -0.15) is 13.2 Å². The largest absolute Gasteiger partial charge is 0.416 e. The second-order valence-corrected chi connectivity index (χ2v) is 8.58. The fourth-order valence-electron chi connectivity index (χ4n) is 3.06. The van der Waals surface area contributed by atoms with Gasteiger partial charge in [0.15, 0.2) is 0 Å². The predicted octanol–water partition coefficient (Wildman–Crippen LogP) is 7.39. The maximum atomic E-state index is 12.9. The van der Waals surface area contributed by atoms with Crippen LogP contribution in [0.3, 0.4) is 0 Å². The lowest BCUT2D eigenvalue weighted by Crippen LogP contribution is -2.08. The average molecular weight is 501 g/mol. The fourth-order valence-corrected chi connectivity index (χ4v) is 4.12.